The molecule has 0 fully saturated rings. The first-order valence-electron chi connectivity index (χ1n) is 7.06. The van der Waals surface area contributed by atoms with Gasteiger partial charge in [-0.15, -0.1) is 0 Å². The highest BCUT2D eigenvalue weighted by Crippen LogP contribution is 2.36. The summed E-state index contributed by atoms with van der Waals surface area (Å²) in [5.74, 6) is 0.689. The molecule has 124 valence electrons. The van der Waals surface area contributed by atoms with Crippen molar-refractivity contribution in [3.63, 3.8) is 0 Å². The molecule has 2 aromatic heterocycles. The molecule has 7 heteroatoms. The molecule has 0 spiro atoms. The lowest BCUT2D eigenvalue weighted by Crippen LogP contribution is -1.89. The van der Waals surface area contributed by atoms with Crippen molar-refractivity contribution in [3.8, 4) is 34.2 Å². The summed E-state index contributed by atoms with van der Waals surface area (Å²) in [6, 6.07) is 10.2. The number of hydrogen-bond acceptors (Lipinski definition) is 5. The summed E-state index contributed by atoms with van der Waals surface area (Å²) in [5.41, 5.74) is 1.46. The Balaban J connectivity index is 2.09. The zero-order valence-electron chi connectivity index (χ0n) is 13.0. The third kappa shape index (κ3) is 3.05. The summed E-state index contributed by atoms with van der Waals surface area (Å²) in [4.78, 5) is 8.00. The van der Waals surface area contributed by atoms with Crippen LogP contribution in [0.15, 0.2) is 47.0 Å². The van der Waals surface area contributed by atoms with Crippen LogP contribution in [0.4, 0.5) is 8.78 Å². The van der Waals surface area contributed by atoms with Gasteiger partial charge in [0.25, 0.3) is 5.89 Å². The number of benzene rings is 1. The average Bonchev–Trinajstić information content (AvgIpc) is 3.07. The first-order chi connectivity index (χ1) is 11.6. The Morgan fingerprint density at radius 3 is 2.21 bits per heavy atom. The number of halogens is 2. The van der Waals surface area contributed by atoms with Crippen LogP contribution in [-0.4, -0.2) is 24.2 Å². The smallest absolute Gasteiger partial charge is 0.313 e. The summed E-state index contributed by atoms with van der Waals surface area (Å²) in [7, 11) is 3.04. The van der Waals surface area contributed by atoms with Crippen LogP contribution in [0.1, 0.15) is 12.3 Å². The molecule has 0 aliphatic carbocycles. The van der Waals surface area contributed by atoms with Crippen molar-refractivity contribution in [1.82, 2.24) is 9.97 Å². The van der Waals surface area contributed by atoms with Crippen molar-refractivity contribution in [1.29, 1.82) is 0 Å². The van der Waals surface area contributed by atoms with E-state index in [2.05, 4.69) is 9.97 Å². The van der Waals surface area contributed by atoms with Crippen LogP contribution in [0.2, 0.25) is 0 Å². The van der Waals surface area contributed by atoms with Gasteiger partial charge in [0.15, 0.2) is 5.76 Å². The fraction of sp³-hybridized carbons (Fsp3) is 0.176. The van der Waals surface area contributed by atoms with Gasteiger partial charge in [-0.2, -0.15) is 8.78 Å². The fourth-order valence-electron chi connectivity index (χ4n) is 2.20. The van der Waals surface area contributed by atoms with Crippen LogP contribution < -0.4 is 9.47 Å². The third-order valence-electron chi connectivity index (χ3n) is 3.40. The maximum Gasteiger partial charge on any atom is 0.313 e. The molecule has 1 aromatic carbocycles. The van der Waals surface area contributed by atoms with Gasteiger partial charge in [-0.05, 0) is 30.3 Å². The number of methoxy groups -OCH3 is 2. The molecule has 0 amide bonds. The molecule has 5 nitrogen and oxygen atoms in total. The summed E-state index contributed by atoms with van der Waals surface area (Å²) >= 11 is 0. The molecule has 0 aliphatic rings. The molecule has 0 unspecified atom stereocenters. The van der Waals surface area contributed by atoms with Gasteiger partial charge in [0.05, 0.1) is 14.2 Å². The molecular formula is C17H14F2N2O3. The number of nitrogens with zero attached hydrogens (tertiary/aromatic N) is 2. The van der Waals surface area contributed by atoms with Gasteiger partial charge in [0, 0.05) is 23.4 Å². The van der Waals surface area contributed by atoms with E-state index in [1.165, 1.54) is 13.3 Å². The average molecular weight is 332 g/mol. The molecule has 0 N–H and O–H groups in total. The van der Waals surface area contributed by atoms with Gasteiger partial charge in [-0.25, -0.2) is 9.97 Å². The van der Waals surface area contributed by atoms with Gasteiger partial charge in [-0.1, -0.05) is 0 Å². The molecule has 0 aliphatic heterocycles. The van der Waals surface area contributed by atoms with Crippen LogP contribution >= 0.6 is 0 Å². The SMILES string of the molecule is COc1ccc(-c2oc(C(F)F)nc2-c2ccc(OC)nc2)cc1. The molecule has 2 heterocycles. The van der Waals surface area contributed by atoms with E-state index < -0.39 is 12.3 Å². The second-order valence-corrected chi connectivity index (χ2v) is 4.85. The summed E-state index contributed by atoms with van der Waals surface area (Å²) in [6.07, 6.45) is -1.30. The quantitative estimate of drug-likeness (QED) is 0.695. The Morgan fingerprint density at radius 1 is 0.958 bits per heavy atom. The highest BCUT2D eigenvalue weighted by molar-refractivity contribution is 5.76. The normalized spacial score (nSPS) is 10.9. The third-order valence-corrected chi connectivity index (χ3v) is 3.40. The minimum atomic E-state index is -2.80. The van der Waals surface area contributed by atoms with E-state index in [0.717, 1.165) is 0 Å². The summed E-state index contributed by atoms with van der Waals surface area (Å²) in [6.45, 7) is 0. The van der Waals surface area contributed by atoms with E-state index in [4.69, 9.17) is 13.9 Å². The summed E-state index contributed by atoms with van der Waals surface area (Å²) in [5, 5.41) is 0. The molecule has 0 atom stereocenters. The Morgan fingerprint density at radius 2 is 1.67 bits per heavy atom. The lowest BCUT2D eigenvalue weighted by molar-refractivity contribution is 0.116. The first-order valence-corrected chi connectivity index (χ1v) is 7.06. The molecule has 3 aromatic rings. The molecule has 0 saturated carbocycles. The minimum absolute atomic E-state index is 0.250. The number of ether oxygens (including phenoxy) is 2. The van der Waals surface area contributed by atoms with Crippen molar-refractivity contribution >= 4 is 0 Å². The van der Waals surface area contributed by atoms with Crippen LogP contribution in [0, 0.1) is 0 Å². The number of oxazole rings is 1. The first kappa shape index (κ1) is 15.9. The van der Waals surface area contributed by atoms with E-state index in [0.29, 0.717) is 28.5 Å². The Labute approximate surface area is 136 Å². The van der Waals surface area contributed by atoms with Gasteiger partial charge < -0.3 is 13.9 Å². The monoisotopic (exact) mass is 332 g/mol. The van der Waals surface area contributed by atoms with Crippen molar-refractivity contribution in [2.24, 2.45) is 0 Å². The Hall–Kier alpha value is -2.96. The standard InChI is InChI=1S/C17H14F2N2O3/c1-22-12-6-3-10(4-7-12)15-14(21-17(24-15)16(18)19)11-5-8-13(23-2)20-9-11/h3-9,16H,1-2H3. The zero-order valence-corrected chi connectivity index (χ0v) is 13.0. The van der Waals surface area contributed by atoms with Gasteiger partial charge in [0.2, 0.25) is 5.88 Å². The highest BCUT2D eigenvalue weighted by Gasteiger charge is 2.22. The largest absolute Gasteiger partial charge is 0.497 e. The topological polar surface area (TPSA) is 57.4 Å². The maximum atomic E-state index is 13.0. The summed E-state index contributed by atoms with van der Waals surface area (Å²) < 4.78 is 41.4. The Kier molecular flexibility index (Phi) is 4.41. The molecule has 3 rings (SSSR count). The van der Waals surface area contributed by atoms with Gasteiger partial charge >= 0.3 is 6.43 Å². The lowest BCUT2D eigenvalue weighted by atomic mass is 10.1. The second kappa shape index (κ2) is 6.66. The van der Waals surface area contributed by atoms with Crippen molar-refractivity contribution < 1.29 is 22.7 Å². The van der Waals surface area contributed by atoms with Crippen molar-refractivity contribution in [2.45, 2.75) is 6.43 Å². The van der Waals surface area contributed by atoms with E-state index in [1.54, 1.807) is 43.5 Å². The van der Waals surface area contributed by atoms with Crippen molar-refractivity contribution in [2.75, 3.05) is 14.2 Å². The van der Waals surface area contributed by atoms with Crippen molar-refractivity contribution in [3.05, 3.63) is 48.5 Å². The predicted octanol–water partition coefficient (Wildman–Crippen LogP) is 4.36. The van der Waals surface area contributed by atoms with Crippen LogP contribution in [0.3, 0.4) is 0 Å². The fourth-order valence-corrected chi connectivity index (χ4v) is 2.20. The van der Waals surface area contributed by atoms with Crippen LogP contribution in [0.5, 0.6) is 11.6 Å². The minimum Gasteiger partial charge on any atom is -0.497 e. The van der Waals surface area contributed by atoms with Gasteiger partial charge in [-0.3, -0.25) is 0 Å². The molecule has 24 heavy (non-hydrogen) atoms. The molecular weight excluding hydrogens is 318 g/mol. The number of pyridine rings is 1. The van der Waals surface area contributed by atoms with E-state index in [-0.39, 0.29) is 5.76 Å². The maximum absolute atomic E-state index is 13.0. The lowest BCUT2D eigenvalue weighted by Gasteiger charge is -2.04. The Bertz CT molecular complexity index is 750. The zero-order chi connectivity index (χ0) is 17.1. The highest BCUT2D eigenvalue weighted by atomic mass is 19.3. The number of aromatic nitrogens is 2. The molecule has 0 bridgehead atoms. The number of rotatable bonds is 5. The molecule has 0 saturated heterocycles. The number of alkyl halides is 2. The van der Waals surface area contributed by atoms with E-state index in [1.807, 2.05) is 0 Å². The van der Waals surface area contributed by atoms with E-state index >= 15 is 0 Å². The number of hydrogen-bond donors (Lipinski definition) is 0. The van der Waals surface area contributed by atoms with Crippen LogP contribution in [-0.2, 0) is 0 Å². The molecule has 0 radical (unpaired) electrons. The predicted molar refractivity (Wildman–Crippen MR) is 83.2 cm³/mol. The second-order valence-electron chi connectivity index (χ2n) is 4.85. The van der Waals surface area contributed by atoms with Gasteiger partial charge in [0.1, 0.15) is 11.4 Å². The van der Waals surface area contributed by atoms with Crippen LogP contribution in [0.25, 0.3) is 22.6 Å². The van der Waals surface area contributed by atoms with E-state index in [9.17, 15) is 8.78 Å².